The van der Waals surface area contributed by atoms with E-state index < -0.39 is 11.0 Å². The average Bonchev–Trinajstić information content (AvgIpc) is 3.45. The Bertz CT molecular complexity index is 1570. The summed E-state index contributed by atoms with van der Waals surface area (Å²) in [4.78, 5) is 18.9. The molecule has 40 heavy (non-hydrogen) atoms. The number of piperidine rings is 2. The Balaban J connectivity index is 1.22. The van der Waals surface area contributed by atoms with Crippen molar-refractivity contribution in [2.24, 2.45) is 0 Å². The first kappa shape index (κ1) is 26.9. The lowest BCUT2D eigenvalue weighted by Gasteiger charge is -2.62. The molecule has 0 aromatic carbocycles. The van der Waals surface area contributed by atoms with E-state index in [1.165, 1.54) is 22.0 Å². The Morgan fingerprint density at radius 2 is 2.15 bits per heavy atom. The molecule has 0 spiro atoms. The van der Waals surface area contributed by atoms with E-state index in [1.807, 2.05) is 0 Å². The molecular weight excluding hydrogens is 563 g/mol. The second-order valence-corrected chi connectivity index (χ2v) is 12.5. The van der Waals surface area contributed by atoms with Crippen molar-refractivity contribution in [3.8, 4) is 17.9 Å². The highest BCUT2D eigenvalue weighted by Crippen LogP contribution is 2.49. The van der Waals surface area contributed by atoms with Crippen molar-refractivity contribution in [3.63, 3.8) is 0 Å². The number of aromatic nitrogens is 3. The molecule has 6 heterocycles. The number of nitriles is 1. The van der Waals surface area contributed by atoms with Gasteiger partial charge in [0.05, 0.1) is 47.4 Å². The number of hydrogen-bond donors (Lipinski definition) is 2. The number of pyridine rings is 1. The van der Waals surface area contributed by atoms with Crippen LogP contribution in [-0.4, -0.2) is 74.3 Å². The number of anilines is 1. The molecule has 0 unspecified atom stereocenters. The smallest absolute Gasteiger partial charge is 0.375 e. The molecule has 7 rings (SSSR count). The Labute approximate surface area is 236 Å². The van der Waals surface area contributed by atoms with Gasteiger partial charge in [0.15, 0.2) is 5.54 Å². The molecule has 1 amide bonds. The predicted molar refractivity (Wildman–Crippen MR) is 143 cm³/mol. The number of thioether (sulfide) groups is 1. The van der Waals surface area contributed by atoms with Crippen LogP contribution in [0.1, 0.15) is 39.6 Å². The second-order valence-electron chi connectivity index (χ2n) is 10.2. The molecule has 2 bridgehead atoms. The third kappa shape index (κ3) is 4.90. The van der Waals surface area contributed by atoms with Crippen molar-refractivity contribution in [1.82, 2.24) is 24.8 Å². The Morgan fingerprint density at radius 3 is 2.75 bits per heavy atom. The van der Waals surface area contributed by atoms with E-state index in [0.29, 0.717) is 29.4 Å². The monoisotopic (exact) mass is 587 g/mol. The minimum Gasteiger partial charge on any atom is -0.375 e. The maximum absolute atomic E-state index is 13.5. The zero-order valence-corrected chi connectivity index (χ0v) is 23.0. The van der Waals surface area contributed by atoms with Gasteiger partial charge in [0.2, 0.25) is 0 Å². The number of nitrogens with one attached hydrogen (secondary N) is 2. The van der Waals surface area contributed by atoms with E-state index in [2.05, 4.69) is 43.5 Å². The van der Waals surface area contributed by atoms with Crippen LogP contribution in [0, 0.1) is 30.1 Å². The van der Waals surface area contributed by atoms with Crippen LogP contribution in [-0.2, 0) is 4.74 Å². The summed E-state index contributed by atoms with van der Waals surface area (Å²) in [6.07, 6.45) is 3.91. The van der Waals surface area contributed by atoms with Crippen LogP contribution in [0.15, 0.2) is 29.3 Å². The van der Waals surface area contributed by atoms with Gasteiger partial charge >= 0.3 is 5.51 Å². The molecule has 208 valence electrons. The predicted octanol–water partition coefficient (Wildman–Crippen LogP) is 3.80. The fourth-order valence-corrected chi connectivity index (χ4v) is 6.99. The molecule has 1 aliphatic carbocycles. The third-order valence-electron chi connectivity index (χ3n) is 7.58. The second kappa shape index (κ2) is 9.96. The molecule has 4 fully saturated rings. The Hall–Kier alpha value is -3.30. The van der Waals surface area contributed by atoms with Gasteiger partial charge in [-0.25, -0.2) is 9.50 Å². The third-order valence-corrected chi connectivity index (χ3v) is 9.33. The lowest BCUT2D eigenvalue weighted by Crippen LogP contribution is -2.74. The highest BCUT2D eigenvalue weighted by atomic mass is 32.2. The summed E-state index contributed by atoms with van der Waals surface area (Å²) in [5.41, 5.74) is -5.02. The molecule has 9 nitrogen and oxygen atoms in total. The summed E-state index contributed by atoms with van der Waals surface area (Å²) >= 11 is 0.991. The lowest BCUT2D eigenvalue weighted by molar-refractivity contribution is -0.158. The standard InChI is InChI=1S/C26H24F3N7O2S2/c1-16-32-12-20(39-16)23(37)31-8-3-4-18-22(40-26(27,28)29)19-5-2-6-21(36(19)34-18)33-24-7-9-35(17(10-24)11-24)25(13-30)14-38-15-25/h2,5-6,12,17,33H,7-11,14-15H2,1H3,(H,31,37). The molecule has 0 atom stereocenters. The summed E-state index contributed by atoms with van der Waals surface area (Å²) in [6.45, 7) is 3.31. The maximum atomic E-state index is 13.5. The van der Waals surface area contributed by atoms with Crippen molar-refractivity contribution >= 4 is 40.3 Å². The molecule has 3 saturated heterocycles. The van der Waals surface area contributed by atoms with Crippen molar-refractivity contribution < 1.29 is 22.7 Å². The number of rotatable bonds is 6. The molecule has 4 aliphatic rings. The fraction of sp³-hybridized carbons (Fsp3) is 0.462. The average molecular weight is 588 g/mol. The first-order chi connectivity index (χ1) is 19.1. The van der Waals surface area contributed by atoms with E-state index >= 15 is 0 Å². The van der Waals surface area contributed by atoms with Crippen LogP contribution in [0.5, 0.6) is 0 Å². The van der Waals surface area contributed by atoms with Crippen LogP contribution in [0.3, 0.4) is 0 Å². The number of hydrogen-bond acceptors (Lipinski definition) is 9. The number of thiazole rings is 1. The van der Waals surface area contributed by atoms with Crippen molar-refractivity contribution in [2.45, 2.75) is 53.7 Å². The molecule has 14 heteroatoms. The van der Waals surface area contributed by atoms with E-state index in [-0.39, 0.29) is 46.4 Å². The lowest BCUT2D eigenvalue weighted by atomic mass is 9.65. The number of halogens is 3. The fourth-order valence-electron chi connectivity index (χ4n) is 5.62. The summed E-state index contributed by atoms with van der Waals surface area (Å²) in [5.74, 6) is 5.69. The minimum atomic E-state index is -4.53. The number of carbonyl (C=O) groups is 1. The van der Waals surface area contributed by atoms with Gasteiger partial charge < -0.3 is 15.4 Å². The number of ether oxygens (including phenoxy) is 1. The molecule has 2 N–H and O–H groups in total. The summed E-state index contributed by atoms with van der Waals surface area (Å²) in [5, 5.41) is 21.1. The highest BCUT2D eigenvalue weighted by molar-refractivity contribution is 8.00. The van der Waals surface area contributed by atoms with Crippen molar-refractivity contribution in [3.05, 3.63) is 40.0 Å². The molecule has 3 aromatic rings. The van der Waals surface area contributed by atoms with E-state index in [9.17, 15) is 23.2 Å². The summed E-state index contributed by atoms with van der Waals surface area (Å²) in [6, 6.07) is 7.76. The number of nitrogens with zero attached hydrogens (tertiary/aromatic N) is 5. The zero-order valence-electron chi connectivity index (χ0n) is 21.3. The number of alkyl halides is 3. The van der Waals surface area contributed by atoms with Crippen LogP contribution in [0.25, 0.3) is 5.52 Å². The summed E-state index contributed by atoms with van der Waals surface area (Å²) < 4.78 is 47.3. The van der Waals surface area contributed by atoms with Crippen LogP contribution < -0.4 is 10.6 Å². The molecular formula is C26H24F3N7O2S2. The largest absolute Gasteiger partial charge is 0.446 e. The number of aryl methyl sites for hydroxylation is 1. The SMILES string of the molecule is Cc1ncc(C(=O)NCC#Cc2nn3c(NC45CCN(C6(C#N)COC6)C(C4)C5)cccc3c2SC(F)(F)F)s1. The number of fused-ring (bicyclic) bond motifs is 3. The normalized spacial score (nSPS) is 23.3. The van der Waals surface area contributed by atoms with Gasteiger partial charge in [0, 0.05) is 18.1 Å². The maximum Gasteiger partial charge on any atom is 0.446 e. The van der Waals surface area contributed by atoms with Gasteiger partial charge in [-0.1, -0.05) is 12.0 Å². The first-order valence-electron chi connectivity index (χ1n) is 12.6. The van der Waals surface area contributed by atoms with Crippen molar-refractivity contribution in [1.29, 1.82) is 5.26 Å². The van der Waals surface area contributed by atoms with Crippen molar-refractivity contribution in [2.75, 3.05) is 31.6 Å². The van der Waals surface area contributed by atoms with Gasteiger partial charge in [-0.05, 0) is 56.0 Å². The quantitative estimate of drug-likeness (QED) is 0.331. The van der Waals surface area contributed by atoms with Crippen LogP contribution in [0.2, 0.25) is 0 Å². The first-order valence-corrected chi connectivity index (χ1v) is 14.2. The topological polar surface area (TPSA) is 108 Å². The van der Waals surface area contributed by atoms with Gasteiger partial charge in [0.1, 0.15) is 16.4 Å². The molecule has 1 saturated carbocycles. The van der Waals surface area contributed by atoms with Crippen LogP contribution >= 0.6 is 23.1 Å². The molecule has 3 aromatic heterocycles. The minimum absolute atomic E-state index is 0.0146. The molecule has 0 radical (unpaired) electrons. The van der Waals surface area contributed by atoms with E-state index in [4.69, 9.17) is 4.74 Å². The highest BCUT2D eigenvalue weighted by Gasteiger charge is 2.58. The number of amides is 1. The van der Waals surface area contributed by atoms with Gasteiger partial charge in [-0.2, -0.15) is 23.5 Å². The summed E-state index contributed by atoms with van der Waals surface area (Å²) in [7, 11) is 0. The zero-order chi connectivity index (χ0) is 28.1. The Morgan fingerprint density at radius 1 is 1.35 bits per heavy atom. The van der Waals surface area contributed by atoms with Gasteiger partial charge in [0.25, 0.3) is 5.91 Å². The van der Waals surface area contributed by atoms with E-state index in [1.54, 1.807) is 25.1 Å². The molecule has 3 aliphatic heterocycles. The number of carbonyl (C=O) groups excluding carboxylic acids is 1. The van der Waals surface area contributed by atoms with E-state index in [0.717, 1.165) is 30.8 Å². The van der Waals surface area contributed by atoms with Crippen LogP contribution in [0.4, 0.5) is 19.0 Å². The Kier molecular flexibility index (Phi) is 6.70. The van der Waals surface area contributed by atoms with Gasteiger partial charge in [-0.3, -0.25) is 9.69 Å². The van der Waals surface area contributed by atoms with Gasteiger partial charge in [-0.15, -0.1) is 11.3 Å².